The van der Waals surface area contributed by atoms with Crippen molar-refractivity contribution in [1.29, 1.82) is 0 Å². The second kappa shape index (κ2) is 4.97. The molecule has 1 nitrogen and oxygen atoms in total. The maximum Gasteiger partial charge on any atom is 0.186 e. The Bertz CT molecular complexity index is 1160. The summed E-state index contributed by atoms with van der Waals surface area (Å²) in [5.74, 6) is 0.117. The van der Waals surface area contributed by atoms with E-state index in [1.165, 1.54) is 27.1 Å². The lowest BCUT2D eigenvalue weighted by molar-refractivity contribution is 0.360. The minimum absolute atomic E-state index is 0.117. The second-order valence-electron chi connectivity index (χ2n) is 6.38. The largest absolute Gasteiger partial charge is 0.289 e. The molecule has 0 saturated heterocycles. The van der Waals surface area contributed by atoms with Crippen LogP contribution in [0.5, 0.6) is 5.75 Å². The van der Waals surface area contributed by atoms with Gasteiger partial charge in [-0.05, 0) is 51.2 Å². The zero-order valence-corrected chi connectivity index (χ0v) is 13.1. The summed E-state index contributed by atoms with van der Waals surface area (Å²) in [4.78, 5) is 0. The van der Waals surface area contributed by atoms with Crippen molar-refractivity contribution in [1.82, 2.24) is 0 Å². The summed E-state index contributed by atoms with van der Waals surface area (Å²) in [6.45, 7) is 0. The normalized spacial score (nSPS) is 11.7. The van der Waals surface area contributed by atoms with Crippen LogP contribution in [-0.4, -0.2) is 0 Å². The molecule has 0 unspecified atom stereocenters. The molecule has 5 rings (SSSR count). The summed E-state index contributed by atoms with van der Waals surface area (Å²) in [5, 5.41) is 19.4. The van der Waals surface area contributed by atoms with Gasteiger partial charge in [0, 0.05) is 10.8 Å². The molecule has 1 radical (unpaired) electrons. The smallest absolute Gasteiger partial charge is 0.186 e. The number of hydrogen-bond acceptors (Lipinski definition) is 0. The molecule has 24 heavy (non-hydrogen) atoms. The van der Waals surface area contributed by atoms with E-state index in [2.05, 4.69) is 48.5 Å². The summed E-state index contributed by atoms with van der Waals surface area (Å²) in [7, 11) is 0. The fourth-order valence-corrected chi connectivity index (χ4v) is 3.83. The van der Waals surface area contributed by atoms with Crippen molar-refractivity contribution in [3.8, 4) is 5.75 Å². The van der Waals surface area contributed by atoms with E-state index < -0.39 is 0 Å². The zero-order chi connectivity index (χ0) is 16.1. The van der Waals surface area contributed by atoms with Crippen molar-refractivity contribution in [2.24, 2.45) is 0 Å². The molecule has 0 heterocycles. The van der Waals surface area contributed by atoms with Crippen molar-refractivity contribution in [3.63, 3.8) is 0 Å². The standard InChI is InChI=1S/C23H15O/c24-21-14-18(13-15-5-2-1-3-6-15)19-11-9-16-7-4-8-17-10-12-20(21)23(19)22(16)17/h1-12,14H,13H2. The summed E-state index contributed by atoms with van der Waals surface area (Å²) < 4.78 is 0. The monoisotopic (exact) mass is 307 g/mol. The third-order valence-electron chi connectivity index (χ3n) is 4.93. The zero-order valence-electron chi connectivity index (χ0n) is 13.1. The molecule has 1 heteroatoms. The molecule has 0 N–H and O–H groups in total. The molecular formula is C23H15O. The van der Waals surface area contributed by atoms with E-state index in [4.69, 9.17) is 0 Å². The maximum absolute atomic E-state index is 12.7. The van der Waals surface area contributed by atoms with E-state index in [1.54, 1.807) is 0 Å². The third kappa shape index (κ3) is 1.88. The molecule has 0 bridgehead atoms. The quantitative estimate of drug-likeness (QED) is 0.340. The lowest BCUT2D eigenvalue weighted by Crippen LogP contribution is -1.92. The van der Waals surface area contributed by atoms with Crippen LogP contribution in [0.3, 0.4) is 0 Å². The Labute approximate surface area is 140 Å². The van der Waals surface area contributed by atoms with Crippen molar-refractivity contribution in [2.75, 3.05) is 0 Å². The van der Waals surface area contributed by atoms with Crippen LogP contribution in [-0.2, 0) is 11.5 Å². The van der Waals surface area contributed by atoms with Gasteiger partial charge >= 0.3 is 0 Å². The first-order chi connectivity index (χ1) is 11.8. The van der Waals surface area contributed by atoms with Crippen LogP contribution in [0.2, 0.25) is 0 Å². The molecule has 0 aliphatic carbocycles. The van der Waals surface area contributed by atoms with Gasteiger partial charge in [-0.1, -0.05) is 66.7 Å². The Morgan fingerprint density at radius 1 is 0.625 bits per heavy atom. The van der Waals surface area contributed by atoms with Crippen LogP contribution in [0.15, 0.2) is 78.9 Å². The topological polar surface area (TPSA) is 19.9 Å². The molecule has 0 saturated carbocycles. The van der Waals surface area contributed by atoms with Gasteiger partial charge in [0.2, 0.25) is 0 Å². The van der Waals surface area contributed by atoms with E-state index in [-0.39, 0.29) is 5.75 Å². The fourth-order valence-electron chi connectivity index (χ4n) is 3.83. The highest BCUT2D eigenvalue weighted by Crippen LogP contribution is 2.40. The molecule has 0 fully saturated rings. The highest BCUT2D eigenvalue weighted by Gasteiger charge is 2.15. The number of rotatable bonds is 2. The maximum atomic E-state index is 12.7. The predicted octanol–water partition coefficient (Wildman–Crippen LogP) is 6.32. The van der Waals surface area contributed by atoms with Crippen LogP contribution in [0.1, 0.15) is 11.1 Å². The third-order valence-corrected chi connectivity index (χ3v) is 4.93. The van der Waals surface area contributed by atoms with E-state index in [1.807, 2.05) is 30.3 Å². The Kier molecular flexibility index (Phi) is 2.77. The average molecular weight is 307 g/mol. The van der Waals surface area contributed by atoms with Gasteiger partial charge in [0.25, 0.3) is 0 Å². The minimum atomic E-state index is 0.117. The fraction of sp³-hybridized carbons (Fsp3) is 0.0435. The molecule has 5 aromatic rings. The first kappa shape index (κ1) is 13.4. The van der Waals surface area contributed by atoms with Gasteiger partial charge in [-0.15, -0.1) is 0 Å². The molecule has 0 spiro atoms. The Hall–Kier alpha value is -3.06. The van der Waals surface area contributed by atoms with E-state index in [0.29, 0.717) is 0 Å². The minimum Gasteiger partial charge on any atom is -0.289 e. The molecule has 5 aromatic carbocycles. The Balaban J connectivity index is 1.88. The van der Waals surface area contributed by atoms with Gasteiger partial charge in [0.1, 0.15) is 0 Å². The highest BCUT2D eigenvalue weighted by molar-refractivity contribution is 6.24. The van der Waals surface area contributed by atoms with Gasteiger partial charge in [0.05, 0.1) is 0 Å². The molecule has 0 atom stereocenters. The van der Waals surface area contributed by atoms with E-state index in [0.717, 1.165) is 22.8 Å². The summed E-state index contributed by atoms with van der Waals surface area (Å²) >= 11 is 0. The van der Waals surface area contributed by atoms with Gasteiger partial charge < -0.3 is 0 Å². The molecule has 0 aliphatic rings. The number of hydrogen-bond donors (Lipinski definition) is 0. The van der Waals surface area contributed by atoms with Crippen molar-refractivity contribution < 1.29 is 5.11 Å². The van der Waals surface area contributed by atoms with Crippen molar-refractivity contribution >= 4 is 32.3 Å². The van der Waals surface area contributed by atoms with Gasteiger partial charge in [0.15, 0.2) is 5.75 Å². The molecule has 113 valence electrons. The SMILES string of the molecule is [O]c1cc(Cc2ccccc2)c2ccc3cccc4ccc1c2c43. The number of benzene rings is 5. The summed E-state index contributed by atoms with van der Waals surface area (Å²) in [5.41, 5.74) is 2.34. The molecule has 0 aromatic heterocycles. The first-order valence-corrected chi connectivity index (χ1v) is 8.21. The van der Waals surface area contributed by atoms with Crippen LogP contribution in [0.25, 0.3) is 32.3 Å². The van der Waals surface area contributed by atoms with Crippen molar-refractivity contribution in [3.05, 3.63) is 90.0 Å². The summed E-state index contributed by atoms with van der Waals surface area (Å²) in [6.07, 6.45) is 0.782. The van der Waals surface area contributed by atoms with Crippen LogP contribution < -0.4 is 0 Å². The van der Waals surface area contributed by atoms with Crippen LogP contribution in [0.4, 0.5) is 0 Å². The molecular weight excluding hydrogens is 292 g/mol. The molecule has 0 amide bonds. The predicted molar refractivity (Wildman–Crippen MR) is 99.5 cm³/mol. The first-order valence-electron chi connectivity index (χ1n) is 8.21. The average Bonchev–Trinajstić information content (AvgIpc) is 2.62. The lowest BCUT2D eigenvalue weighted by atomic mass is 9.89. The van der Waals surface area contributed by atoms with Gasteiger partial charge in [-0.25, -0.2) is 0 Å². The van der Waals surface area contributed by atoms with E-state index in [9.17, 15) is 5.11 Å². The second-order valence-corrected chi connectivity index (χ2v) is 6.38. The van der Waals surface area contributed by atoms with Crippen LogP contribution in [0, 0.1) is 0 Å². The van der Waals surface area contributed by atoms with E-state index >= 15 is 0 Å². The summed E-state index contributed by atoms with van der Waals surface area (Å²) in [6, 6.07) is 26.8. The Morgan fingerprint density at radius 3 is 2.08 bits per heavy atom. The lowest BCUT2D eigenvalue weighted by Gasteiger charge is -2.14. The van der Waals surface area contributed by atoms with Gasteiger partial charge in [-0.3, -0.25) is 5.11 Å². The van der Waals surface area contributed by atoms with Crippen LogP contribution >= 0.6 is 0 Å². The van der Waals surface area contributed by atoms with Gasteiger partial charge in [-0.2, -0.15) is 0 Å². The van der Waals surface area contributed by atoms with Crippen molar-refractivity contribution in [2.45, 2.75) is 6.42 Å². The molecule has 0 aliphatic heterocycles. The Morgan fingerprint density at radius 2 is 1.33 bits per heavy atom. The highest BCUT2D eigenvalue weighted by atomic mass is 16.3.